The van der Waals surface area contributed by atoms with Crippen LogP contribution in [0.15, 0.2) is 41.3 Å². The number of aliphatic hydroxyl groups is 1. The van der Waals surface area contributed by atoms with E-state index in [1.54, 1.807) is 11.8 Å². The van der Waals surface area contributed by atoms with Crippen molar-refractivity contribution in [2.75, 3.05) is 41.0 Å². The maximum Gasteiger partial charge on any atom is 0.259 e. The number of aliphatic hydroxyl groups excluding tert-OH is 1. The minimum Gasteiger partial charge on any atom is -0.394 e. The van der Waals surface area contributed by atoms with Gasteiger partial charge in [-0.25, -0.2) is 4.98 Å². The zero-order valence-corrected chi connectivity index (χ0v) is 21.7. The second-order valence-electron chi connectivity index (χ2n) is 10.9. The normalized spacial score (nSPS) is 17.2. The summed E-state index contributed by atoms with van der Waals surface area (Å²) in [6.45, 7) is 10.1. The fourth-order valence-corrected chi connectivity index (χ4v) is 5.23. The van der Waals surface area contributed by atoms with Crippen molar-refractivity contribution in [2.24, 2.45) is 11.3 Å². The van der Waals surface area contributed by atoms with Gasteiger partial charge in [0, 0.05) is 29.4 Å². The van der Waals surface area contributed by atoms with Gasteiger partial charge in [0.2, 0.25) is 0 Å². The van der Waals surface area contributed by atoms with Crippen LogP contribution in [0.2, 0.25) is 0 Å². The Kier molecular flexibility index (Phi) is 7.43. The highest BCUT2D eigenvalue weighted by Crippen LogP contribution is 2.54. The Morgan fingerprint density at radius 1 is 1.18 bits per heavy atom. The van der Waals surface area contributed by atoms with E-state index < -0.39 is 5.54 Å². The molecule has 0 bridgehead atoms. The van der Waals surface area contributed by atoms with Crippen LogP contribution < -0.4 is 15.5 Å². The van der Waals surface area contributed by atoms with E-state index in [1.807, 2.05) is 44.2 Å². The van der Waals surface area contributed by atoms with Gasteiger partial charge in [0.1, 0.15) is 11.6 Å². The van der Waals surface area contributed by atoms with E-state index in [9.17, 15) is 9.90 Å². The molecule has 1 saturated heterocycles. The molecule has 0 radical (unpaired) electrons. The van der Waals surface area contributed by atoms with Crippen LogP contribution in [0.3, 0.4) is 0 Å². The zero-order valence-electron chi connectivity index (χ0n) is 20.9. The van der Waals surface area contributed by atoms with Gasteiger partial charge >= 0.3 is 0 Å². The number of carbonyl (C=O) groups excluding carboxylic acids is 1. The molecule has 1 aliphatic carbocycles. The number of carbonyl (C=O) groups is 1. The van der Waals surface area contributed by atoms with Gasteiger partial charge in [-0.1, -0.05) is 19.9 Å². The molecule has 0 atom stereocenters. The highest BCUT2D eigenvalue weighted by atomic mass is 32.2. The number of pyridine rings is 1. The van der Waals surface area contributed by atoms with Gasteiger partial charge in [0.15, 0.2) is 0 Å². The van der Waals surface area contributed by atoms with Crippen molar-refractivity contribution in [3.63, 3.8) is 0 Å². The Morgan fingerprint density at radius 3 is 2.56 bits per heavy atom. The number of anilines is 3. The number of nitrogens with one attached hydrogen (secondary N) is 2. The fraction of sp³-hybridized carbons (Fsp3) is 0.556. The fourth-order valence-electron chi connectivity index (χ4n) is 4.32. The van der Waals surface area contributed by atoms with Crippen LogP contribution in [0.4, 0.5) is 17.3 Å². The molecule has 1 spiro atoms. The summed E-state index contributed by atoms with van der Waals surface area (Å²) >= 11 is 1.81. The molecule has 34 heavy (non-hydrogen) atoms. The largest absolute Gasteiger partial charge is 0.394 e. The van der Waals surface area contributed by atoms with Gasteiger partial charge in [-0.05, 0) is 81.2 Å². The van der Waals surface area contributed by atoms with Crippen molar-refractivity contribution < 1.29 is 9.90 Å². The van der Waals surface area contributed by atoms with E-state index in [4.69, 9.17) is 4.98 Å². The van der Waals surface area contributed by atoms with Crippen LogP contribution in [-0.4, -0.2) is 47.0 Å². The first-order chi connectivity index (χ1) is 16.2. The summed E-state index contributed by atoms with van der Waals surface area (Å²) in [5.41, 5.74) is 1.42. The molecule has 184 valence electrons. The molecule has 2 heterocycles. The van der Waals surface area contributed by atoms with Crippen molar-refractivity contribution in [3.8, 4) is 0 Å². The number of thioether (sulfide) groups is 1. The standard InChI is InChI=1S/C27H38N4O2S/c1-19(2)17-34-21-7-5-6-20(16-21)28-25(33)22-8-9-23(30-26(3,4)18-32)29-24(22)31-14-12-27(10-11-27)13-15-31/h5-9,16,19,32H,10-15,17-18H2,1-4H3,(H,28,33)(H,29,30). The van der Waals surface area contributed by atoms with Crippen molar-refractivity contribution in [2.45, 2.75) is 63.8 Å². The third kappa shape index (κ3) is 6.25. The van der Waals surface area contributed by atoms with Gasteiger partial charge in [-0.2, -0.15) is 0 Å². The third-order valence-corrected chi connectivity index (χ3v) is 8.16. The van der Waals surface area contributed by atoms with Gasteiger partial charge in [-0.15, -0.1) is 11.8 Å². The molecule has 1 aromatic heterocycles. The summed E-state index contributed by atoms with van der Waals surface area (Å²) in [7, 11) is 0. The molecule has 7 heteroatoms. The summed E-state index contributed by atoms with van der Waals surface area (Å²) in [4.78, 5) is 21.7. The first kappa shape index (κ1) is 24.9. The lowest BCUT2D eigenvalue weighted by molar-refractivity contribution is 0.102. The molecule has 0 unspecified atom stereocenters. The second kappa shape index (κ2) is 10.2. The van der Waals surface area contributed by atoms with E-state index in [-0.39, 0.29) is 12.5 Å². The van der Waals surface area contributed by atoms with E-state index in [0.717, 1.165) is 48.1 Å². The van der Waals surface area contributed by atoms with Gasteiger partial charge < -0.3 is 20.6 Å². The third-order valence-electron chi connectivity index (χ3n) is 6.74. The molecule has 2 aromatic rings. The van der Waals surface area contributed by atoms with Gasteiger partial charge in [0.25, 0.3) is 5.91 Å². The van der Waals surface area contributed by atoms with Crippen molar-refractivity contribution >= 4 is 35.0 Å². The molecule has 6 nitrogen and oxygen atoms in total. The Balaban J connectivity index is 1.55. The smallest absolute Gasteiger partial charge is 0.259 e. The topological polar surface area (TPSA) is 77.5 Å². The molecular formula is C27H38N4O2S. The first-order valence-corrected chi connectivity index (χ1v) is 13.4. The van der Waals surface area contributed by atoms with Crippen molar-refractivity contribution in [1.29, 1.82) is 0 Å². The number of hydrogen-bond acceptors (Lipinski definition) is 6. The molecule has 2 aliphatic rings. The Morgan fingerprint density at radius 2 is 1.91 bits per heavy atom. The number of nitrogens with zero attached hydrogens (tertiary/aromatic N) is 2. The summed E-state index contributed by atoms with van der Waals surface area (Å²) in [6.07, 6.45) is 4.98. The predicted molar refractivity (Wildman–Crippen MR) is 142 cm³/mol. The molecule has 3 N–H and O–H groups in total. The number of rotatable bonds is 9. The summed E-state index contributed by atoms with van der Waals surface area (Å²) in [5, 5.41) is 16.1. The lowest BCUT2D eigenvalue weighted by Crippen LogP contribution is -2.38. The average Bonchev–Trinajstić information content (AvgIpc) is 3.57. The first-order valence-electron chi connectivity index (χ1n) is 12.4. The van der Waals surface area contributed by atoms with Crippen LogP contribution in [0.25, 0.3) is 0 Å². The summed E-state index contributed by atoms with van der Waals surface area (Å²) in [6, 6.07) is 11.7. The van der Waals surface area contributed by atoms with Crippen LogP contribution in [-0.2, 0) is 0 Å². The summed E-state index contributed by atoms with van der Waals surface area (Å²) in [5.74, 6) is 2.90. The van der Waals surface area contributed by atoms with E-state index in [0.29, 0.717) is 22.7 Å². The predicted octanol–water partition coefficient (Wildman–Crippen LogP) is 5.65. The monoisotopic (exact) mass is 482 g/mol. The highest BCUT2D eigenvalue weighted by molar-refractivity contribution is 7.99. The lowest BCUT2D eigenvalue weighted by Gasteiger charge is -2.34. The molecule has 1 amide bonds. The second-order valence-corrected chi connectivity index (χ2v) is 12.0. The number of amides is 1. The SMILES string of the molecule is CC(C)CSc1cccc(NC(=O)c2ccc(NC(C)(C)CO)nc2N2CCC3(CC2)CC3)c1. The van der Waals surface area contributed by atoms with Crippen molar-refractivity contribution in [1.82, 2.24) is 4.98 Å². The molecule has 4 rings (SSSR count). The molecule has 1 saturated carbocycles. The Bertz CT molecular complexity index is 1010. The van der Waals surface area contributed by atoms with E-state index in [1.165, 1.54) is 12.8 Å². The van der Waals surface area contributed by atoms with Crippen LogP contribution in [0.5, 0.6) is 0 Å². The Hall–Kier alpha value is -2.25. The zero-order chi connectivity index (χ0) is 24.3. The minimum absolute atomic E-state index is 0.0103. The van der Waals surface area contributed by atoms with Crippen molar-refractivity contribution in [3.05, 3.63) is 42.0 Å². The molecular weight excluding hydrogens is 444 g/mol. The van der Waals surface area contributed by atoms with Crippen LogP contribution in [0, 0.1) is 11.3 Å². The highest BCUT2D eigenvalue weighted by Gasteiger charge is 2.45. The summed E-state index contributed by atoms with van der Waals surface area (Å²) < 4.78 is 0. The maximum atomic E-state index is 13.4. The van der Waals surface area contributed by atoms with Crippen LogP contribution in [0.1, 0.15) is 63.7 Å². The van der Waals surface area contributed by atoms with Crippen LogP contribution >= 0.6 is 11.8 Å². The molecule has 1 aromatic carbocycles. The number of benzene rings is 1. The average molecular weight is 483 g/mol. The Labute approximate surface area is 207 Å². The molecule has 2 fully saturated rings. The lowest BCUT2D eigenvalue weighted by atomic mass is 9.93. The number of piperidine rings is 1. The minimum atomic E-state index is -0.498. The molecule has 1 aliphatic heterocycles. The van der Waals surface area contributed by atoms with E-state index >= 15 is 0 Å². The number of aromatic nitrogens is 1. The van der Waals surface area contributed by atoms with Gasteiger partial charge in [0.05, 0.1) is 17.7 Å². The number of hydrogen-bond donors (Lipinski definition) is 3. The quantitative estimate of drug-likeness (QED) is 0.401. The maximum absolute atomic E-state index is 13.4. The van der Waals surface area contributed by atoms with Gasteiger partial charge in [-0.3, -0.25) is 4.79 Å². The van der Waals surface area contributed by atoms with E-state index in [2.05, 4.69) is 35.4 Å².